The molecule has 0 aliphatic carbocycles. The number of aromatic nitrogens is 1. The number of benzene rings is 2. The lowest BCUT2D eigenvalue weighted by molar-refractivity contribution is -0.131. The van der Waals surface area contributed by atoms with Crippen molar-refractivity contribution in [1.29, 1.82) is 0 Å². The Morgan fingerprint density at radius 3 is 2.88 bits per heavy atom. The molecule has 0 bridgehead atoms. The molecule has 0 radical (unpaired) electrons. The third-order valence-electron chi connectivity index (χ3n) is 5.01. The average molecular weight is 336 g/mol. The predicted molar refractivity (Wildman–Crippen MR) is 97.0 cm³/mol. The molecule has 1 atom stereocenters. The fourth-order valence-corrected chi connectivity index (χ4v) is 3.71. The normalized spacial score (nSPS) is 17.8. The Bertz CT molecular complexity index is 869. The van der Waals surface area contributed by atoms with E-state index in [2.05, 4.69) is 23.2 Å². The Balaban J connectivity index is 1.47. The highest BCUT2D eigenvalue weighted by molar-refractivity contribution is 5.81. The van der Waals surface area contributed by atoms with E-state index < -0.39 is 0 Å². The van der Waals surface area contributed by atoms with Gasteiger partial charge in [-0.2, -0.15) is 0 Å². The van der Waals surface area contributed by atoms with Crippen molar-refractivity contribution in [2.24, 2.45) is 0 Å². The zero-order valence-corrected chi connectivity index (χ0v) is 14.0. The number of H-pyrrole nitrogens is 1. The van der Waals surface area contributed by atoms with Gasteiger partial charge >= 0.3 is 0 Å². The van der Waals surface area contributed by atoms with Crippen molar-refractivity contribution in [3.63, 3.8) is 0 Å². The summed E-state index contributed by atoms with van der Waals surface area (Å²) >= 11 is 0. The summed E-state index contributed by atoms with van der Waals surface area (Å²) in [6, 6.07) is 16.7. The summed E-state index contributed by atoms with van der Waals surface area (Å²) in [7, 11) is 0. The van der Waals surface area contributed by atoms with Crippen LogP contribution in [0.1, 0.15) is 30.0 Å². The first-order valence-electron chi connectivity index (χ1n) is 8.79. The molecule has 1 aromatic heterocycles. The number of fused-ring (bicyclic) bond motifs is 1. The molecule has 0 saturated carbocycles. The molecule has 4 heteroatoms. The van der Waals surface area contributed by atoms with Crippen molar-refractivity contribution >= 4 is 16.8 Å². The van der Waals surface area contributed by atoms with Crippen molar-refractivity contribution < 1.29 is 9.18 Å². The molecule has 3 aromatic rings. The van der Waals surface area contributed by atoms with Crippen LogP contribution in [-0.4, -0.2) is 28.9 Å². The van der Waals surface area contributed by atoms with Crippen molar-refractivity contribution in [3.05, 3.63) is 71.7 Å². The second-order valence-corrected chi connectivity index (χ2v) is 6.80. The smallest absolute Gasteiger partial charge is 0.227 e. The van der Waals surface area contributed by atoms with Gasteiger partial charge in [-0.15, -0.1) is 0 Å². The van der Waals surface area contributed by atoms with E-state index in [9.17, 15) is 9.18 Å². The van der Waals surface area contributed by atoms with Crippen molar-refractivity contribution in [1.82, 2.24) is 9.88 Å². The minimum atomic E-state index is -0.292. The van der Waals surface area contributed by atoms with Gasteiger partial charge in [0.25, 0.3) is 0 Å². The number of rotatable bonds is 3. The molecule has 1 aliphatic rings. The summed E-state index contributed by atoms with van der Waals surface area (Å²) < 4.78 is 13.3. The number of carbonyl (C=O) groups excluding carboxylic acids is 1. The summed E-state index contributed by atoms with van der Waals surface area (Å²) in [6.45, 7) is 1.51. The maximum Gasteiger partial charge on any atom is 0.227 e. The molecule has 4 rings (SSSR count). The highest BCUT2D eigenvalue weighted by Crippen LogP contribution is 2.29. The van der Waals surface area contributed by atoms with Crippen LogP contribution < -0.4 is 0 Å². The van der Waals surface area contributed by atoms with E-state index in [4.69, 9.17) is 0 Å². The number of piperidine rings is 1. The summed E-state index contributed by atoms with van der Waals surface area (Å²) in [5.74, 6) is 0.115. The number of amides is 1. The van der Waals surface area contributed by atoms with Crippen molar-refractivity contribution in [2.75, 3.05) is 13.1 Å². The number of nitrogens with one attached hydrogen (secondary N) is 1. The molecular formula is C21H21FN2O. The maximum absolute atomic E-state index is 13.3. The summed E-state index contributed by atoms with van der Waals surface area (Å²) in [4.78, 5) is 18.0. The number of para-hydroxylation sites is 1. The van der Waals surface area contributed by atoms with Crippen molar-refractivity contribution in [2.45, 2.75) is 25.2 Å². The molecule has 1 fully saturated rings. The summed E-state index contributed by atoms with van der Waals surface area (Å²) in [5.41, 5.74) is 3.07. The molecule has 1 amide bonds. The van der Waals surface area contributed by atoms with Crippen LogP contribution in [0.5, 0.6) is 0 Å². The number of hydrogen-bond donors (Lipinski definition) is 1. The van der Waals surface area contributed by atoms with E-state index in [1.54, 1.807) is 12.1 Å². The molecule has 1 unspecified atom stereocenters. The largest absolute Gasteiger partial charge is 0.358 e. The molecule has 128 valence electrons. The first-order chi connectivity index (χ1) is 12.2. The van der Waals surface area contributed by atoms with E-state index in [0.717, 1.165) is 37.0 Å². The van der Waals surface area contributed by atoms with Crippen LogP contribution in [0.15, 0.2) is 54.6 Å². The minimum Gasteiger partial charge on any atom is -0.358 e. The summed E-state index contributed by atoms with van der Waals surface area (Å²) in [6.07, 6.45) is 2.34. The zero-order valence-electron chi connectivity index (χ0n) is 14.0. The van der Waals surface area contributed by atoms with Gasteiger partial charge in [-0.05, 0) is 48.1 Å². The van der Waals surface area contributed by atoms with Gasteiger partial charge in [0, 0.05) is 30.2 Å². The van der Waals surface area contributed by atoms with Gasteiger partial charge in [-0.25, -0.2) is 4.39 Å². The quantitative estimate of drug-likeness (QED) is 0.762. The third kappa shape index (κ3) is 3.43. The van der Waals surface area contributed by atoms with E-state index >= 15 is 0 Å². The molecule has 2 heterocycles. The maximum atomic E-state index is 13.3. The van der Waals surface area contributed by atoms with Gasteiger partial charge < -0.3 is 9.88 Å². The van der Waals surface area contributed by atoms with Gasteiger partial charge in [-0.3, -0.25) is 4.79 Å². The van der Waals surface area contributed by atoms with Crippen LogP contribution in [0.25, 0.3) is 10.9 Å². The first-order valence-corrected chi connectivity index (χ1v) is 8.79. The fraction of sp³-hybridized carbons (Fsp3) is 0.286. The average Bonchev–Trinajstić information content (AvgIpc) is 3.06. The first kappa shape index (κ1) is 15.9. The van der Waals surface area contributed by atoms with E-state index in [1.165, 1.54) is 23.2 Å². The minimum absolute atomic E-state index is 0.0754. The molecule has 1 aliphatic heterocycles. The van der Waals surface area contributed by atoms with Gasteiger partial charge in [0.1, 0.15) is 5.82 Å². The lowest BCUT2D eigenvalue weighted by atomic mass is 9.94. The summed E-state index contributed by atoms with van der Waals surface area (Å²) in [5, 5.41) is 1.21. The number of halogens is 1. The number of nitrogens with zero attached hydrogens (tertiary/aromatic N) is 1. The molecule has 3 nitrogen and oxygen atoms in total. The number of likely N-dealkylation sites (tertiary alicyclic amines) is 1. The van der Waals surface area contributed by atoms with E-state index in [-0.39, 0.29) is 18.1 Å². The molecule has 25 heavy (non-hydrogen) atoms. The number of carbonyl (C=O) groups is 1. The highest BCUT2D eigenvalue weighted by Gasteiger charge is 2.25. The second kappa shape index (κ2) is 6.71. The van der Waals surface area contributed by atoms with Gasteiger partial charge in [0.2, 0.25) is 5.91 Å². The molecular weight excluding hydrogens is 315 g/mol. The van der Waals surface area contributed by atoms with Crippen LogP contribution in [-0.2, 0) is 11.2 Å². The fourth-order valence-electron chi connectivity index (χ4n) is 3.71. The van der Waals surface area contributed by atoms with Crippen LogP contribution in [0, 0.1) is 5.82 Å². The van der Waals surface area contributed by atoms with E-state index in [1.807, 2.05) is 17.0 Å². The molecule has 1 N–H and O–H groups in total. The molecule has 2 aromatic carbocycles. The Morgan fingerprint density at radius 1 is 1.16 bits per heavy atom. The topological polar surface area (TPSA) is 36.1 Å². The van der Waals surface area contributed by atoms with E-state index in [0.29, 0.717) is 5.92 Å². The third-order valence-corrected chi connectivity index (χ3v) is 5.01. The van der Waals surface area contributed by atoms with Gasteiger partial charge in [0.15, 0.2) is 0 Å². The second-order valence-electron chi connectivity index (χ2n) is 6.80. The number of aromatic amines is 1. The number of hydrogen-bond acceptors (Lipinski definition) is 1. The highest BCUT2D eigenvalue weighted by atomic mass is 19.1. The van der Waals surface area contributed by atoms with Crippen LogP contribution >= 0.6 is 0 Å². The zero-order chi connectivity index (χ0) is 17.2. The SMILES string of the molecule is O=C(Cc1cccc(F)c1)N1CCCC(c2cc3ccccc3[nH]2)C1. The van der Waals surface area contributed by atoms with Crippen LogP contribution in [0.2, 0.25) is 0 Å². The molecule has 1 saturated heterocycles. The standard InChI is InChI=1S/C21H21FN2O/c22-18-8-3-5-15(11-18)12-21(25)24-10-4-7-17(14-24)20-13-16-6-1-2-9-19(16)23-20/h1-3,5-6,8-9,11,13,17,23H,4,7,10,12,14H2. The Kier molecular flexibility index (Phi) is 4.26. The van der Waals surface area contributed by atoms with Gasteiger partial charge in [0.05, 0.1) is 6.42 Å². The lowest BCUT2D eigenvalue weighted by Crippen LogP contribution is -2.40. The Morgan fingerprint density at radius 2 is 2.04 bits per heavy atom. The Labute approximate surface area is 146 Å². The predicted octanol–water partition coefficient (Wildman–Crippen LogP) is 4.26. The lowest BCUT2D eigenvalue weighted by Gasteiger charge is -2.32. The Hall–Kier alpha value is -2.62. The molecule has 0 spiro atoms. The van der Waals surface area contributed by atoms with Gasteiger partial charge in [-0.1, -0.05) is 30.3 Å². The monoisotopic (exact) mass is 336 g/mol. The van der Waals surface area contributed by atoms with Crippen LogP contribution in [0.3, 0.4) is 0 Å². The van der Waals surface area contributed by atoms with Crippen LogP contribution in [0.4, 0.5) is 4.39 Å². The van der Waals surface area contributed by atoms with Crippen molar-refractivity contribution in [3.8, 4) is 0 Å².